The van der Waals surface area contributed by atoms with Crippen LogP contribution in [0.1, 0.15) is 37.3 Å². The van der Waals surface area contributed by atoms with Gasteiger partial charge in [0.1, 0.15) is 12.6 Å². The number of thioether (sulfide) groups is 1. The molecule has 1 heterocycles. The minimum absolute atomic E-state index is 0.0204. The quantitative estimate of drug-likeness (QED) is 0.639. The molecule has 0 radical (unpaired) electrons. The molecule has 1 saturated heterocycles. The summed E-state index contributed by atoms with van der Waals surface area (Å²) in [7, 11) is 0. The molecule has 1 fully saturated rings. The van der Waals surface area contributed by atoms with E-state index in [1.54, 1.807) is 0 Å². The monoisotopic (exact) mass is 468 g/mol. The molecule has 2 N–H and O–H groups in total. The number of hydrogen-bond donors (Lipinski definition) is 2. The van der Waals surface area contributed by atoms with E-state index < -0.39 is 24.1 Å². The van der Waals surface area contributed by atoms with Crippen molar-refractivity contribution in [1.29, 1.82) is 0 Å². The van der Waals surface area contributed by atoms with Gasteiger partial charge in [-0.1, -0.05) is 62.4 Å². The Kier molecular flexibility index (Phi) is 6.93. The van der Waals surface area contributed by atoms with Gasteiger partial charge in [0.05, 0.1) is 5.88 Å². The summed E-state index contributed by atoms with van der Waals surface area (Å²) in [5, 5.41) is 12.2. The highest BCUT2D eigenvalue weighted by Crippen LogP contribution is 2.44. The van der Waals surface area contributed by atoms with E-state index in [1.807, 2.05) is 38.1 Å². The number of carbonyl (C=O) groups is 3. The standard InChI is InChI=1S/C25H28N2O5S/c1-15(2)21(11-23(28)27-14-33-13-22(27)24(29)30)26-25(31)32-12-20-18-9-5-3-7-16(18)17-8-4-6-10-19(17)20/h3-10,15,20-22H,11-14H2,1-2H3,(H,26,31)(H,29,30). The average molecular weight is 469 g/mol. The van der Waals surface area contributed by atoms with Crippen LogP contribution in [0.3, 0.4) is 0 Å². The maximum atomic E-state index is 12.8. The number of nitrogens with zero attached hydrogens (tertiary/aromatic N) is 1. The van der Waals surface area contributed by atoms with Crippen LogP contribution in [0.4, 0.5) is 4.79 Å². The number of aliphatic carboxylic acids is 1. The van der Waals surface area contributed by atoms with Crippen molar-refractivity contribution in [3.8, 4) is 11.1 Å². The minimum atomic E-state index is -1.00. The summed E-state index contributed by atoms with van der Waals surface area (Å²) in [6.45, 7) is 4.02. The molecular weight excluding hydrogens is 440 g/mol. The number of carboxylic acid groups (broad SMARTS) is 1. The third-order valence-electron chi connectivity index (χ3n) is 6.33. The number of ether oxygens (including phenoxy) is 1. The molecule has 0 bridgehead atoms. The van der Waals surface area contributed by atoms with Gasteiger partial charge in [-0.25, -0.2) is 9.59 Å². The molecule has 33 heavy (non-hydrogen) atoms. The lowest BCUT2D eigenvalue weighted by molar-refractivity contribution is -0.148. The molecule has 2 aromatic rings. The lowest BCUT2D eigenvalue weighted by Crippen LogP contribution is -2.47. The molecule has 2 unspecified atom stereocenters. The molecule has 8 heteroatoms. The molecule has 4 rings (SSSR count). The van der Waals surface area contributed by atoms with Gasteiger partial charge >= 0.3 is 12.1 Å². The Morgan fingerprint density at radius 2 is 1.70 bits per heavy atom. The van der Waals surface area contributed by atoms with E-state index in [0.717, 1.165) is 22.3 Å². The lowest BCUT2D eigenvalue weighted by atomic mass is 9.98. The van der Waals surface area contributed by atoms with Crippen molar-refractivity contribution in [2.24, 2.45) is 5.92 Å². The van der Waals surface area contributed by atoms with Gasteiger partial charge in [0.2, 0.25) is 5.91 Å². The number of alkyl carbamates (subject to hydrolysis) is 1. The molecular formula is C25H28N2O5S. The van der Waals surface area contributed by atoms with Crippen molar-refractivity contribution in [2.45, 2.75) is 38.3 Å². The van der Waals surface area contributed by atoms with Gasteiger partial charge in [-0.3, -0.25) is 4.79 Å². The van der Waals surface area contributed by atoms with Crippen molar-refractivity contribution < 1.29 is 24.2 Å². The summed E-state index contributed by atoms with van der Waals surface area (Å²) >= 11 is 1.42. The topological polar surface area (TPSA) is 95.9 Å². The van der Waals surface area contributed by atoms with Crippen LogP contribution in [0.5, 0.6) is 0 Å². The fourth-order valence-electron chi connectivity index (χ4n) is 4.44. The van der Waals surface area contributed by atoms with E-state index in [9.17, 15) is 19.5 Å². The van der Waals surface area contributed by atoms with Gasteiger partial charge in [0, 0.05) is 24.1 Å². The highest BCUT2D eigenvalue weighted by molar-refractivity contribution is 7.99. The molecule has 2 aliphatic rings. The smallest absolute Gasteiger partial charge is 0.407 e. The minimum Gasteiger partial charge on any atom is -0.480 e. The number of fused-ring (bicyclic) bond motifs is 3. The molecule has 0 saturated carbocycles. The Morgan fingerprint density at radius 3 is 2.27 bits per heavy atom. The summed E-state index contributed by atoms with van der Waals surface area (Å²) in [4.78, 5) is 38.2. The summed E-state index contributed by atoms with van der Waals surface area (Å²) in [5.74, 6) is -0.601. The van der Waals surface area contributed by atoms with E-state index in [1.165, 1.54) is 16.7 Å². The van der Waals surface area contributed by atoms with Crippen LogP contribution >= 0.6 is 11.8 Å². The van der Waals surface area contributed by atoms with Crippen LogP contribution in [-0.4, -0.2) is 58.3 Å². The first kappa shape index (κ1) is 23.2. The summed E-state index contributed by atoms with van der Waals surface area (Å²) < 4.78 is 5.61. The van der Waals surface area contributed by atoms with Crippen molar-refractivity contribution in [2.75, 3.05) is 18.2 Å². The Bertz CT molecular complexity index is 1010. The molecule has 0 aromatic heterocycles. The molecule has 0 spiro atoms. The van der Waals surface area contributed by atoms with Crippen LogP contribution in [-0.2, 0) is 14.3 Å². The molecule has 2 atom stereocenters. The fraction of sp³-hybridized carbons (Fsp3) is 0.400. The third-order valence-corrected chi connectivity index (χ3v) is 7.35. The van der Waals surface area contributed by atoms with Crippen molar-refractivity contribution in [3.05, 3.63) is 59.7 Å². The fourth-order valence-corrected chi connectivity index (χ4v) is 5.62. The second-order valence-electron chi connectivity index (χ2n) is 8.74. The van der Waals surface area contributed by atoms with Crippen LogP contribution in [0.25, 0.3) is 11.1 Å². The first-order chi connectivity index (χ1) is 15.9. The molecule has 2 aromatic carbocycles. The predicted molar refractivity (Wildman–Crippen MR) is 127 cm³/mol. The molecule has 1 aliphatic carbocycles. The number of benzene rings is 2. The van der Waals surface area contributed by atoms with E-state index in [2.05, 4.69) is 29.6 Å². The lowest BCUT2D eigenvalue weighted by Gasteiger charge is -2.26. The van der Waals surface area contributed by atoms with E-state index >= 15 is 0 Å². The SMILES string of the molecule is CC(C)C(CC(=O)N1CSCC1C(=O)O)NC(=O)OCC1c2ccccc2-c2ccccc21. The Hall–Kier alpha value is -3.00. The maximum Gasteiger partial charge on any atom is 0.407 e. The summed E-state index contributed by atoms with van der Waals surface area (Å²) in [6, 6.07) is 15.0. The van der Waals surface area contributed by atoms with E-state index in [0.29, 0.717) is 11.6 Å². The van der Waals surface area contributed by atoms with Crippen LogP contribution in [0.2, 0.25) is 0 Å². The van der Waals surface area contributed by atoms with Crippen LogP contribution in [0.15, 0.2) is 48.5 Å². The van der Waals surface area contributed by atoms with Gasteiger partial charge in [0.15, 0.2) is 0 Å². The Morgan fingerprint density at radius 1 is 1.09 bits per heavy atom. The van der Waals surface area contributed by atoms with Crippen molar-refractivity contribution in [1.82, 2.24) is 10.2 Å². The first-order valence-corrected chi connectivity index (χ1v) is 12.2. The van der Waals surface area contributed by atoms with Gasteiger partial charge in [0.25, 0.3) is 0 Å². The number of rotatable bonds is 7. The first-order valence-electron chi connectivity index (χ1n) is 11.1. The second-order valence-corrected chi connectivity index (χ2v) is 9.74. The van der Waals surface area contributed by atoms with Gasteiger partial charge < -0.3 is 20.1 Å². The number of amides is 2. The number of nitrogens with one attached hydrogen (secondary N) is 1. The van der Waals surface area contributed by atoms with E-state index in [4.69, 9.17) is 4.74 Å². The predicted octanol–water partition coefficient (Wildman–Crippen LogP) is 3.93. The highest BCUT2D eigenvalue weighted by atomic mass is 32.2. The van der Waals surface area contributed by atoms with Crippen LogP contribution < -0.4 is 5.32 Å². The Labute approximate surface area is 197 Å². The van der Waals surface area contributed by atoms with Gasteiger partial charge in [-0.15, -0.1) is 11.8 Å². The summed E-state index contributed by atoms with van der Waals surface area (Å²) in [6.07, 6.45) is -0.541. The highest BCUT2D eigenvalue weighted by Gasteiger charge is 2.36. The largest absolute Gasteiger partial charge is 0.480 e. The van der Waals surface area contributed by atoms with Crippen molar-refractivity contribution >= 4 is 29.7 Å². The number of carbonyl (C=O) groups excluding carboxylic acids is 2. The number of carboxylic acids is 1. The Balaban J connectivity index is 1.38. The normalized spacial score (nSPS) is 18.0. The summed E-state index contributed by atoms with van der Waals surface area (Å²) in [5.41, 5.74) is 4.58. The second kappa shape index (κ2) is 9.87. The maximum absolute atomic E-state index is 12.8. The zero-order valence-corrected chi connectivity index (χ0v) is 19.5. The third kappa shape index (κ3) is 4.85. The average Bonchev–Trinajstić information content (AvgIpc) is 3.41. The molecule has 7 nitrogen and oxygen atoms in total. The molecule has 1 aliphatic heterocycles. The zero-order chi connectivity index (χ0) is 23.5. The molecule has 174 valence electrons. The van der Waals surface area contributed by atoms with Gasteiger partial charge in [-0.05, 0) is 28.2 Å². The molecule has 2 amide bonds. The van der Waals surface area contributed by atoms with Crippen LogP contribution in [0, 0.1) is 5.92 Å². The van der Waals surface area contributed by atoms with Gasteiger partial charge in [-0.2, -0.15) is 0 Å². The zero-order valence-electron chi connectivity index (χ0n) is 18.7. The van der Waals surface area contributed by atoms with Crippen molar-refractivity contribution in [3.63, 3.8) is 0 Å². The van der Waals surface area contributed by atoms with E-state index in [-0.39, 0.29) is 30.8 Å². The number of hydrogen-bond acceptors (Lipinski definition) is 5.